The summed E-state index contributed by atoms with van der Waals surface area (Å²) < 4.78 is 5.39. The first kappa shape index (κ1) is 14.7. The number of hydrogen-bond acceptors (Lipinski definition) is 2. The summed E-state index contributed by atoms with van der Waals surface area (Å²) in [4.78, 5) is 0. The Morgan fingerprint density at radius 3 is 2.10 bits per heavy atom. The van der Waals surface area contributed by atoms with E-state index in [1.54, 1.807) is 7.11 Å². The first-order valence-electron chi connectivity index (χ1n) is 6.68. The van der Waals surface area contributed by atoms with Gasteiger partial charge in [-0.1, -0.05) is 23.7 Å². The molecule has 2 aromatic rings. The van der Waals surface area contributed by atoms with Crippen molar-refractivity contribution in [2.75, 3.05) is 12.4 Å². The van der Waals surface area contributed by atoms with Crippen molar-refractivity contribution in [2.45, 2.75) is 26.8 Å². The monoisotopic (exact) mass is 289 g/mol. The lowest BCUT2D eigenvalue weighted by molar-refractivity contribution is 0.408. The van der Waals surface area contributed by atoms with Gasteiger partial charge in [0, 0.05) is 16.8 Å². The molecule has 0 radical (unpaired) electrons. The third-order valence-corrected chi connectivity index (χ3v) is 3.67. The summed E-state index contributed by atoms with van der Waals surface area (Å²) in [6.45, 7) is 6.26. The second-order valence-electron chi connectivity index (χ2n) is 5.06. The summed E-state index contributed by atoms with van der Waals surface area (Å²) in [5.41, 5.74) is 4.58. The van der Waals surface area contributed by atoms with E-state index in [9.17, 15) is 0 Å². The predicted octanol–water partition coefficient (Wildman–Crippen LogP) is 5.14. The molecule has 0 aliphatic rings. The van der Waals surface area contributed by atoms with Gasteiger partial charge in [-0.05, 0) is 61.7 Å². The maximum Gasteiger partial charge on any atom is 0.124 e. The van der Waals surface area contributed by atoms with Gasteiger partial charge >= 0.3 is 0 Å². The topological polar surface area (TPSA) is 21.3 Å². The number of benzene rings is 2. The summed E-state index contributed by atoms with van der Waals surface area (Å²) in [6.07, 6.45) is 0. The van der Waals surface area contributed by atoms with Gasteiger partial charge in [-0.3, -0.25) is 0 Å². The van der Waals surface area contributed by atoms with Gasteiger partial charge in [0.2, 0.25) is 0 Å². The highest BCUT2D eigenvalue weighted by Crippen LogP contribution is 2.29. The van der Waals surface area contributed by atoms with Gasteiger partial charge in [0.25, 0.3) is 0 Å². The first-order valence-corrected chi connectivity index (χ1v) is 7.06. The zero-order valence-corrected chi connectivity index (χ0v) is 13.1. The van der Waals surface area contributed by atoms with Crippen LogP contribution in [0.25, 0.3) is 0 Å². The Bertz CT molecular complexity index is 569. The molecular formula is C17H20ClNO. The van der Waals surface area contributed by atoms with Crippen molar-refractivity contribution in [1.29, 1.82) is 0 Å². The highest BCUT2D eigenvalue weighted by molar-refractivity contribution is 6.30. The van der Waals surface area contributed by atoms with Crippen molar-refractivity contribution in [3.63, 3.8) is 0 Å². The number of ether oxygens (including phenoxy) is 1. The summed E-state index contributed by atoms with van der Waals surface area (Å²) in [5, 5.41) is 4.27. The van der Waals surface area contributed by atoms with E-state index in [0.717, 1.165) is 27.6 Å². The normalized spacial score (nSPS) is 12.1. The van der Waals surface area contributed by atoms with E-state index >= 15 is 0 Å². The maximum absolute atomic E-state index is 5.92. The average molecular weight is 290 g/mol. The molecule has 106 valence electrons. The number of nitrogens with one attached hydrogen (secondary N) is 1. The van der Waals surface area contributed by atoms with Crippen LogP contribution in [0.2, 0.25) is 5.02 Å². The van der Waals surface area contributed by atoms with Gasteiger partial charge in [-0.2, -0.15) is 0 Å². The predicted molar refractivity (Wildman–Crippen MR) is 86.0 cm³/mol. The number of aryl methyl sites for hydroxylation is 2. The van der Waals surface area contributed by atoms with E-state index in [0.29, 0.717) is 0 Å². The highest BCUT2D eigenvalue weighted by Gasteiger charge is 2.09. The molecule has 1 atom stereocenters. The van der Waals surface area contributed by atoms with Gasteiger partial charge in [0.1, 0.15) is 5.75 Å². The Morgan fingerprint density at radius 2 is 1.60 bits per heavy atom. The Hall–Kier alpha value is -1.67. The van der Waals surface area contributed by atoms with Crippen LogP contribution in [0.3, 0.4) is 0 Å². The van der Waals surface area contributed by atoms with E-state index < -0.39 is 0 Å². The molecule has 0 aliphatic heterocycles. The van der Waals surface area contributed by atoms with E-state index in [-0.39, 0.29) is 6.04 Å². The fraction of sp³-hybridized carbons (Fsp3) is 0.294. The molecule has 2 rings (SSSR count). The molecule has 0 heterocycles. The van der Waals surface area contributed by atoms with Crippen LogP contribution in [0.1, 0.15) is 29.7 Å². The maximum atomic E-state index is 5.92. The SMILES string of the molecule is COc1c(C)cc(N[C@H](C)c2ccc(Cl)cc2)cc1C. The van der Waals surface area contributed by atoms with Gasteiger partial charge < -0.3 is 10.1 Å². The zero-order valence-electron chi connectivity index (χ0n) is 12.3. The lowest BCUT2D eigenvalue weighted by atomic mass is 10.1. The van der Waals surface area contributed by atoms with Crippen LogP contribution < -0.4 is 10.1 Å². The van der Waals surface area contributed by atoms with Gasteiger partial charge in [-0.25, -0.2) is 0 Å². The number of hydrogen-bond donors (Lipinski definition) is 1. The van der Waals surface area contributed by atoms with Crippen LogP contribution in [0.5, 0.6) is 5.75 Å². The van der Waals surface area contributed by atoms with Gasteiger partial charge in [-0.15, -0.1) is 0 Å². The lowest BCUT2D eigenvalue weighted by Gasteiger charge is -2.18. The average Bonchev–Trinajstić information content (AvgIpc) is 2.39. The molecule has 0 amide bonds. The third kappa shape index (κ3) is 3.26. The number of anilines is 1. The first-order chi connectivity index (χ1) is 9.51. The van der Waals surface area contributed by atoms with Crippen LogP contribution >= 0.6 is 11.6 Å². The molecule has 0 saturated carbocycles. The molecule has 0 unspecified atom stereocenters. The Balaban J connectivity index is 2.19. The molecule has 3 heteroatoms. The summed E-state index contributed by atoms with van der Waals surface area (Å²) in [5.74, 6) is 0.953. The standard InChI is InChI=1S/C17H20ClNO/c1-11-9-16(10-12(2)17(11)20-4)19-13(3)14-5-7-15(18)8-6-14/h5-10,13,19H,1-4H3/t13-/m1/s1. The number of halogens is 1. The minimum atomic E-state index is 0.222. The van der Waals surface area contributed by atoms with Crippen molar-refractivity contribution < 1.29 is 4.74 Å². The highest BCUT2D eigenvalue weighted by atomic mass is 35.5. The summed E-state index contributed by atoms with van der Waals surface area (Å²) in [7, 11) is 1.71. The molecule has 1 N–H and O–H groups in total. The molecule has 20 heavy (non-hydrogen) atoms. The fourth-order valence-corrected chi connectivity index (χ4v) is 2.57. The van der Waals surface area contributed by atoms with Crippen molar-refractivity contribution >= 4 is 17.3 Å². The Labute approximate surface area is 125 Å². The second-order valence-corrected chi connectivity index (χ2v) is 5.50. The van der Waals surface area contributed by atoms with Crippen molar-refractivity contribution in [3.8, 4) is 5.75 Å². The third-order valence-electron chi connectivity index (χ3n) is 3.42. The van der Waals surface area contributed by atoms with E-state index in [1.165, 1.54) is 5.56 Å². The molecule has 0 bridgehead atoms. The van der Waals surface area contributed by atoms with E-state index in [4.69, 9.17) is 16.3 Å². The smallest absolute Gasteiger partial charge is 0.124 e. The molecule has 0 aromatic heterocycles. The minimum Gasteiger partial charge on any atom is -0.496 e. The van der Waals surface area contributed by atoms with E-state index in [1.807, 2.05) is 24.3 Å². The van der Waals surface area contributed by atoms with Crippen molar-refractivity contribution in [3.05, 3.63) is 58.1 Å². The van der Waals surface area contributed by atoms with Crippen LogP contribution in [-0.4, -0.2) is 7.11 Å². The molecule has 0 spiro atoms. The van der Waals surface area contributed by atoms with E-state index in [2.05, 4.69) is 38.2 Å². The van der Waals surface area contributed by atoms with Crippen LogP contribution in [0, 0.1) is 13.8 Å². The fourth-order valence-electron chi connectivity index (χ4n) is 2.44. The molecule has 2 nitrogen and oxygen atoms in total. The summed E-state index contributed by atoms with van der Waals surface area (Å²) in [6, 6.07) is 12.4. The quantitative estimate of drug-likeness (QED) is 0.841. The zero-order chi connectivity index (χ0) is 14.7. The molecule has 2 aromatic carbocycles. The molecular weight excluding hydrogens is 270 g/mol. The number of rotatable bonds is 4. The Morgan fingerprint density at radius 1 is 1.05 bits per heavy atom. The van der Waals surface area contributed by atoms with Crippen LogP contribution in [0.4, 0.5) is 5.69 Å². The molecule has 0 saturated heterocycles. The minimum absolute atomic E-state index is 0.222. The summed E-state index contributed by atoms with van der Waals surface area (Å²) >= 11 is 5.92. The lowest BCUT2D eigenvalue weighted by Crippen LogP contribution is -2.07. The van der Waals surface area contributed by atoms with Crippen molar-refractivity contribution in [1.82, 2.24) is 0 Å². The molecule has 0 fully saturated rings. The molecule has 0 aliphatic carbocycles. The van der Waals surface area contributed by atoms with Gasteiger partial charge in [0.15, 0.2) is 0 Å². The Kier molecular flexibility index (Phi) is 4.56. The van der Waals surface area contributed by atoms with Crippen molar-refractivity contribution in [2.24, 2.45) is 0 Å². The van der Waals surface area contributed by atoms with Gasteiger partial charge in [0.05, 0.1) is 7.11 Å². The largest absolute Gasteiger partial charge is 0.496 e. The van der Waals surface area contributed by atoms with Crippen LogP contribution in [-0.2, 0) is 0 Å². The van der Waals surface area contributed by atoms with Crippen LogP contribution in [0.15, 0.2) is 36.4 Å². The number of methoxy groups -OCH3 is 1. The second kappa shape index (κ2) is 6.19.